The molecule has 3 nitrogen and oxygen atoms in total. The minimum Gasteiger partial charge on any atom is -0.469 e. The molecule has 1 aromatic rings. The molecule has 0 saturated carbocycles. The molecule has 1 aliphatic rings. The molecule has 0 amide bonds. The molecule has 1 atom stereocenters. The van der Waals surface area contributed by atoms with Crippen molar-refractivity contribution < 1.29 is 14.3 Å². The summed E-state index contributed by atoms with van der Waals surface area (Å²) in [5, 5.41) is 1.93. The van der Waals surface area contributed by atoms with E-state index >= 15 is 0 Å². The van der Waals surface area contributed by atoms with E-state index in [0.717, 1.165) is 23.3 Å². The Kier molecular flexibility index (Phi) is 2.86. The molecule has 0 radical (unpaired) electrons. The third-order valence-corrected chi connectivity index (χ3v) is 3.72. The lowest BCUT2D eigenvalue weighted by atomic mass is 9.86. The highest BCUT2D eigenvalue weighted by Crippen LogP contribution is 2.31. The zero-order valence-corrected chi connectivity index (χ0v) is 9.30. The maximum absolute atomic E-state index is 11.9. The summed E-state index contributed by atoms with van der Waals surface area (Å²) < 4.78 is 4.58. The van der Waals surface area contributed by atoms with E-state index in [-0.39, 0.29) is 24.1 Å². The van der Waals surface area contributed by atoms with Crippen LogP contribution in [0.25, 0.3) is 0 Å². The number of fused-ring (bicyclic) bond motifs is 1. The SMILES string of the molecule is COC(=O)CC1CCc2ccsc2C1=O. The van der Waals surface area contributed by atoms with Crippen molar-refractivity contribution in [3.05, 3.63) is 21.9 Å². The van der Waals surface area contributed by atoms with Gasteiger partial charge in [-0.25, -0.2) is 0 Å². The van der Waals surface area contributed by atoms with Crippen molar-refractivity contribution in [2.45, 2.75) is 19.3 Å². The van der Waals surface area contributed by atoms with Gasteiger partial charge in [-0.3, -0.25) is 9.59 Å². The first kappa shape index (κ1) is 10.4. The maximum atomic E-state index is 11.9. The number of aryl methyl sites for hydroxylation is 1. The lowest BCUT2D eigenvalue weighted by Gasteiger charge is -2.19. The molecule has 0 aliphatic heterocycles. The number of thiophene rings is 1. The molecule has 1 unspecified atom stereocenters. The van der Waals surface area contributed by atoms with Crippen molar-refractivity contribution in [2.24, 2.45) is 5.92 Å². The van der Waals surface area contributed by atoms with E-state index in [4.69, 9.17) is 0 Å². The first-order valence-corrected chi connectivity index (χ1v) is 5.77. The Hall–Kier alpha value is -1.16. The van der Waals surface area contributed by atoms with Crippen LogP contribution in [0.1, 0.15) is 28.1 Å². The van der Waals surface area contributed by atoms with Gasteiger partial charge < -0.3 is 4.74 Å². The van der Waals surface area contributed by atoms with Gasteiger partial charge in [-0.05, 0) is 29.9 Å². The average molecular weight is 224 g/mol. The first-order valence-electron chi connectivity index (χ1n) is 4.89. The number of carbonyl (C=O) groups excluding carboxylic acids is 2. The van der Waals surface area contributed by atoms with Gasteiger partial charge in [0.05, 0.1) is 18.4 Å². The van der Waals surface area contributed by atoms with Crippen molar-refractivity contribution in [2.75, 3.05) is 7.11 Å². The van der Waals surface area contributed by atoms with Crippen LogP contribution in [-0.4, -0.2) is 18.9 Å². The van der Waals surface area contributed by atoms with Gasteiger partial charge in [0.2, 0.25) is 0 Å². The zero-order chi connectivity index (χ0) is 10.8. The van der Waals surface area contributed by atoms with Crippen LogP contribution in [0, 0.1) is 5.92 Å². The topological polar surface area (TPSA) is 43.4 Å². The number of ketones is 1. The van der Waals surface area contributed by atoms with Crippen LogP contribution in [0.5, 0.6) is 0 Å². The Labute approximate surface area is 92.1 Å². The summed E-state index contributed by atoms with van der Waals surface area (Å²) in [6.07, 6.45) is 1.87. The third kappa shape index (κ3) is 1.95. The monoisotopic (exact) mass is 224 g/mol. The van der Waals surface area contributed by atoms with Crippen molar-refractivity contribution in [3.63, 3.8) is 0 Å². The molecule has 0 bridgehead atoms. The van der Waals surface area contributed by atoms with Gasteiger partial charge in [-0.1, -0.05) is 0 Å². The molecule has 1 aromatic heterocycles. The van der Waals surface area contributed by atoms with Crippen LogP contribution < -0.4 is 0 Å². The lowest BCUT2D eigenvalue weighted by Crippen LogP contribution is -2.23. The van der Waals surface area contributed by atoms with Crippen LogP contribution in [0.3, 0.4) is 0 Å². The largest absolute Gasteiger partial charge is 0.469 e. The summed E-state index contributed by atoms with van der Waals surface area (Å²) in [4.78, 5) is 23.9. The van der Waals surface area contributed by atoms with E-state index in [1.165, 1.54) is 18.4 Å². The fourth-order valence-corrected chi connectivity index (χ4v) is 2.85. The first-order chi connectivity index (χ1) is 7.22. The van der Waals surface area contributed by atoms with Crippen LogP contribution in [0.2, 0.25) is 0 Å². The van der Waals surface area contributed by atoms with Crippen molar-refractivity contribution in [3.8, 4) is 0 Å². The molecule has 15 heavy (non-hydrogen) atoms. The summed E-state index contributed by atoms with van der Waals surface area (Å²) >= 11 is 1.47. The quantitative estimate of drug-likeness (QED) is 0.722. The molecule has 0 saturated heterocycles. The number of hydrogen-bond donors (Lipinski definition) is 0. The van der Waals surface area contributed by atoms with Gasteiger partial charge in [0.15, 0.2) is 5.78 Å². The Morgan fingerprint density at radius 3 is 3.20 bits per heavy atom. The smallest absolute Gasteiger partial charge is 0.306 e. The number of ether oxygens (including phenoxy) is 1. The van der Waals surface area contributed by atoms with E-state index in [0.29, 0.717) is 0 Å². The highest BCUT2D eigenvalue weighted by molar-refractivity contribution is 7.12. The van der Waals surface area contributed by atoms with Crippen LogP contribution in [0.15, 0.2) is 11.4 Å². The molecule has 1 aliphatic carbocycles. The zero-order valence-electron chi connectivity index (χ0n) is 8.49. The number of hydrogen-bond acceptors (Lipinski definition) is 4. The number of methoxy groups -OCH3 is 1. The molecular weight excluding hydrogens is 212 g/mol. The molecule has 0 N–H and O–H groups in total. The second-order valence-electron chi connectivity index (χ2n) is 3.66. The van der Waals surface area contributed by atoms with E-state index < -0.39 is 0 Å². The van der Waals surface area contributed by atoms with Gasteiger partial charge in [-0.2, -0.15) is 0 Å². The molecule has 0 fully saturated rings. The fraction of sp³-hybridized carbons (Fsp3) is 0.455. The van der Waals surface area contributed by atoms with Gasteiger partial charge in [0, 0.05) is 5.92 Å². The number of esters is 1. The second-order valence-corrected chi connectivity index (χ2v) is 4.57. The van der Waals surface area contributed by atoms with E-state index in [2.05, 4.69) is 4.74 Å². The molecule has 2 rings (SSSR count). The Bertz CT molecular complexity index is 394. The summed E-state index contributed by atoms with van der Waals surface area (Å²) in [5.41, 5.74) is 1.13. The Morgan fingerprint density at radius 2 is 2.47 bits per heavy atom. The maximum Gasteiger partial charge on any atom is 0.306 e. The molecule has 0 aromatic carbocycles. The van der Waals surface area contributed by atoms with Crippen LogP contribution in [-0.2, 0) is 16.0 Å². The molecule has 0 spiro atoms. The van der Waals surface area contributed by atoms with Gasteiger partial charge in [0.1, 0.15) is 0 Å². The highest BCUT2D eigenvalue weighted by atomic mass is 32.1. The number of rotatable bonds is 2. The predicted octanol–water partition coefficient (Wildman–Crippen LogP) is 2.06. The minimum absolute atomic E-state index is 0.108. The van der Waals surface area contributed by atoms with Gasteiger partial charge in [0.25, 0.3) is 0 Å². The number of carbonyl (C=O) groups is 2. The normalized spacial score (nSPS) is 19.8. The van der Waals surface area contributed by atoms with Crippen molar-refractivity contribution in [1.82, 2.24) is 0 Å². The predicted molar refractivity (Wildman–Crippen MR) is 57.1 cm³/mol. The summed E-state index contributed by atoms with van der Waals surface area (Å²) in [6.45, 7) is 0. The highest BCUT2D eigenvalue weighted by Gasteiger charge is 2.30. The Balaban J connectivity index is 2.13. The molecule has 80 valence electrons. The summed E-state index contributed by atoms with van der Waals surface area (Å²) in [5.74, 6) is -0.367. The van der Waals surface area contributed by atoms with Crippen molar-refractivity contribution in [1.29, 1.82) is 0 Å². The fourth-order valence-electron chi connectivity index (χ4n) is 1.87. The Morgan fingerprint density at radius 1 is 1.67 bits per heavy atom. The second kappa shape index (κ2) is 4.14. The van der Waals surface area contributed by atoms with Gasteiger partial charge in [-0.15, -0.1) is 11.3 Å². The third-order valence-electron chi connectivity index (χ3n) is 2.74. The summed E-state index contributed by atoms with van der Waals surface area (Å²) in [6, 6.07) is 1.99. The molecule has 4 heteroatoms. The van der Waals surface area contributed by atoms with Crippen molar-refractivity contribution >= 4 is 23.1 Å². The molecule has 1 heterocycles. The average Bonchev–Trinajstić information content (AvgIpc) is 2.70. The minimum atomic E-state index is -0.298. The van der Waals surface area contributed by atoms with E-state index in [1.54, 1.807) is 0 Å². The summed E-state index contributed by atoms with van der Waals surface area (Å²) in [7, 11) is 1.35. The van der Waals surface area contributed by atoms with E-state index in [1.807, 2.05) is 11.4 Å². The van der Waals surface area contributed by atoms with Crippen LogP contribution in [0.4, 0.5) is 0 Å². The number of Topliss-reactive ketones (excluding diaryl/α,β-unsaturated/α-hetero) is 1. The van der Waals surface area contributed by atoms with Gasteiger partial charge >= 0.3 is 5.97 Å². The lowest BCUT2D eigenvalue weighted by molar-refractivity contribution is -0.141. The van der Waals surface area contributed by atoms with Crippen LogP contribution >= 0.6 is 11.3 Å². The molecular formula is C11H12O3S. The van der Waals surface area contributed by atoms with E-state index in [9.17, 15) is 9.59 Å². The standard InChI is InChI=1S/C11H12O3S/c1-14-9(12)6-8-3-2-7-4-5-15-11(7)10(8)13/h4-5,8H,2-3,6H2,1H3.